The minimum atomic E-state index is -0.324. The summed E-state index contributed by atoms with van der Waals surface area (Å²) in [5.74, 6) is 0.779. The van der Waals surface area contributed by atoms with Gasteiger partial charge in [0.05, 0.1) is 17.9 Å². The van der Waals surface area contributed by atoms with Gasteiger partial charge in [-0.15, -0.1) is 0 Å². The number of carbonyl (C=O) groups excluding carboxylic acids is 1. The number of aromatic nitrogens is 3. The topological polar surface area (TPSA) is 84.0 Å². The highest BCUT2D eigenvalue weighted by molar-refractivity contribution is 7.16. The molecule has 6 rings (SSSR count). The van der Waals surface area contributed by atoms with Crippen LogP contribution in [0, 0.1) is 29.5 Å². The molecule has 0 atom stereocenters. The molecule has 0 saturated carbocycles. The average molecular weight is 615 g/mol. The van der Waals surface area contributed by atoms with Gasteiger partial charge in [-0.2, -0.15) is 5.26 Å². The SMILES string of the molecule is CCc1nc2c(C)cc(N3CCC4(CCN(CC(=O)N(C)C)C4)CC3)cn2c1N(C)c1nc(-c2ccc(F)cc2)c(C#N)s1. The second kappa shape index (κ2) is 11.8. The van der Waals surface area contributed by atoms with E-state index in [1.54, 1.807) is 17.0 Å². The largest absolute Gasteiger partial charge is 0.370 e. The molecular weight excluding hydrogens is 575 g/mol. The van der Waals surface area contributed by atoms with Crippen molar-refractivity contribution >= 4 is 39.5 Å². The molecule has 0 unspecified atom stereocenters. The lowest BCUT2D eigenvalue weighted by Crippen LogP contribution is -2.43. The number of benzene rings is 1. The van der Waals surface area contributed by atoms with Crippen molar-refractivity contribution < 1.29 is 9.18 Å². The number of hydrogen-bond acceptors (Lipinski definition) is 8. The maximum atomic E-state index is 13.6. The number of aryl methyl sites for hydroxylation is 2. The number of amides is 1. The van der Waals surface area contributed by atoms with Crippen LogP contribution in [0.2, 0.25) is 0 Å². The Morgan fingerprint density at radius 2 is 1.82 bits per heavy atom. The van der Waals surface area contributed by atoms with Crippen LogP contribution in [0.4, 0.5) is 21.0 Å². The number of thiazole rings is 1. The number of pyridine rings is 1. The van der Waals surface area contributed by atoms with Gasteiger partial charge < -0.3 is 14.7 Å². The van der Waals surface area contributed by atoms with Crippen LogP contribution in [-0.2, 0) is 11.2 Å². The predicted octanol–water partition coefficient (Wildman–Crippen LogP) is 5.49. The molecule has 11 heteroatoms. The molecule has 2 saturated heterocycles. The van der Waals surface area contributed by atoms with Gasteiger partial charge in [-0.05, 0) is 80.5 Å². The number of rotatable bonds is 7. The van der Waals surface area contributed by atoms with Crippen LogP contribution in [0.5, 0.6) is 0 Å². The Bertz CT molecular complexity index is 1730. The van der Waals surface area contributed by atoms with Crippen LogP contribution >= 0.6 is 11.3 Å². The molecule has 4 aromatic rings. The van der Waals surface area contributed by atoms with E-state index >= 15 is 0 Å². The fourth-order valence-electron chi connectivity index (χ4n) is 6.66. The van der Waals surface area contributed by atoms with Crippen LogP contribution in [0.3, 0.4) is 0 Å². The molecule has 44 heavy (non-hydrogen) atoms. The van der Waals surface area contributed by atoms with Crippen molar-refractivity contribution in [3.05, 3.63) is 58.5 Å². The van der Waals surface area contributed by atoms with Gasteiger partial charge in [0.25, 0.3) is 0 Å². The quantitative estimate of drug-likeness (QED) is 0.272. The number of imidazole rings is 1. The van der Waals surface area contributed by atoms with Gasteiger partial charge in [-0.1, -0.05) is 18.3 Å². The third kappa shape index (κ3) is 5.53. The van der Waals surface area contributed by atoms with E-state index in [1.165, 1.54) is 29.2 Å². The molecule has 2 aliphatic rings. The normalized spacial score (nSPS) is 16.5. The van der Waals surface area contributed by atoms with Crippen molar-refractivity contribution in [3.63, 3.8) is 0 Å². The number of nitriles is 1. The van der Waals surface area contributed by atoms with Gasteiger partial charge in [0.1, 0.15) is 33.9 Å². The first-order valence-electron chi connectivity index (χ1n) is 15.2. The summed E-state index contributed by atoms with van der Waals surface area (Å²) in [5, 5.41) is 10.6. The van der Waals surface area contributed by atoms with E-state index < -0.39 is 0 Å². The maximum absolute atomic E-state index is 13.6. The monoisotopic (exact) mass is 614 g/mol. The van der Waals surface area contributed by atoms with E-state index in [2.05, 4.69) is 46.4 Å². The lowest BCUT2D eigenvalue weighted by atomic mass is 9.77. The Morgan fingerprint density at radius 3 is 2.48 bits per heavy atom. The first-order chi connectivity index (χ1) is 21.1. The Hall–Kier alpha value is -4.01. The zero-order valence-electron chi connectivity index (χ0n) is 26.1. The summed E-state index contributed by atoms with van der Waals surface area (Å²) in [6.45, 7) is 8.64. The molecule has 1 amide bonds. The smallest absolute Gasteiger partial charge is 0.236 e. The summed E-state index contributed by atoms with van der Waals surface area (Å²) in [4.78, 5) is 31.1. The van der Waals surface area contributed by atoms with E-state index in [0.29, 0.717) is 27.8 Å². The van der Waals surface area contributed by atoms with E-state index in [-0.39, 0.29) is 17.1 Å². The van der Waals surface area contributed by atoms with Gasteiger partial charge in [-0.25, -0.2) is 14.4 Å². The average Bonchev–Trinajstić information content (AvgIpc) is 3.73. The third-order valence-electron chi connectivity index (χ3n) is 9.27. The first-order valence-corrected chi connectivity index (χ1v) is 16.0. The lowest BCUT2D eigenvalue weighted by Gasteiger charge is -2.40. The number of anilines is 3. The summed E-state index contributed by atoms with van der Waals surface area (Å²) in [7, 11) is 5.62. The second-order valence-electron chi connectivity index (χ2n) is 12.4. The van der Waals surface area contributed by atoms with E-state index in [0.717, 1.165) is 74.6 Å². The van der Waals surface area contributed by atoms with Crippen LogP contribution in [0.25, 0.3) is 16.9 Å². The highest BCUT2D eigenvalue weighted by Gasteiger charge is 2.41. The van der Waals surface area contributed by atoms with Crippen LogP contribution in [0.15, 0.2) is 36.5 Å². The Kier molecular flexibility index (Phi) is 8.07. The van der Waals surface area contributed by atoms with E-state index in [4.69, 9.17) is 9.97 Å². The van der Waals surface area contributed by atoms with Gasteiger partial charge in [0.2, 0.25) is 5.91 Å². The van der Waals surface area contributed by atoms with Gasteiger partial charge in [0.15, 0.2) is 5.13 Å². The minimum Gasteiger partial charge on any atom is -0.370 e. The molecule has 9 nitrogen and oxygen atoms in total. The summed E-state index contributed by atoms with van der Waals surface area (Å²) in [5.41, 5.74) is 5.69. The molecular formula is C33H39FN8OS. The summed E-state index contributed by atoms with van der Waals surface area (Å²) >= 11 is 1.33. The first kappa shape index (κ1) is 30.0. The Labute approximate surface area is 262 Å². The Morgan fingerprint density at radius 1 is 1.11 bits per heavy atom. The van der Waals surface area contributed by atoms with Gasteiger partial charge in [-0.3, -0.25) is 14.1 Å². The van der Waals surface area contributed by atoms with Crippen molar-refractivity contribution in [2.45, 2.75) is 39.5 Å². The highest BCUT2D eigenvalue weighted by Crippen LogP contribution is 2.42. The summed E-state index contributed by atoms with van der Waals surface area (Å²) in [6, 6.07) is 10.6. The van der Waals surface area contributed by atoms with E-state index in [1.807, 2.05) is 26.0 Å². The van der Waals surface area contributed by atoms with Gasteiger partial charge >= 0.3 is 0 Å². The summed E-state index contributed by atoms with van der Waals surface area (Å²) < 4.78 is 15.7. The number of fused-ring (bicyclic) bond motifs is 1. The van der Waals surface area contributed by atoms with Crippen LogP contribution in [-0.4, -0.2) is 83.9 Å². The number of piperidine rings is 1. The third-order valence-corrected chi connectivity index (χ3v) is 10.3. The zero-order chi connectivity index (χ0) is 31.2. The number of nitrogens with zero attached hydrogens (tertiary/aromatic N) is 8. The Balaban J connectivity index is 1.27. The molecule has 0 bridgehead atoms. The fraction of sp³-hybridized carbons (Fsp3) is 0.455. The standard InChI is InChI=1S/C33H39FN8OS/c1-6-26-31(39(5)32-37-29(27(18-35)44-32)23-7-9-24(34)10-8-23)42-19-25(17-22(2)30(42)36-26)41-15-12-33(13-16-41)11-14-40(21-33)20-28(43)38(3)4/h7-10,17,19H,6,11-16,20-21H2,1-5H3. The molecule has 0 aliphatic carbocycles. The molecule has 2 aliphatic heterocycles. The number of likely N-dealkylation sites (tertiary alicyclic amines) is 1. The maximum Gasteiger partial charge on any atom is 0.236 e. The van der Waals surface area contributed by atoms with Crippen molar-refractivity contribution in [1.82, 2.24) is 24.2 Å². The molecule has 230 valence electrons. The minimum absolute atomic E-state index is 0.170. The molecule has 2 fully saturated rings. The van der Waals surface area contributed by atoms with Crippen LogP contribution in [0.1, 0.15) is 42.3 Å². The number of halogens is 1. The predicted molar refractivity (Wildman–Crippen MR) is 173 cm³/mol. The molecule has 3 aromatic heterocycles. The molecule has 5 heterocycles. The number of carbonyl (C=O) groups is 1. The fourth-order valence-corrected chi connectivity index (χ4v) is 7.51. The van der Waals surface area contributed by atoms with E-state index in [9.17, 15) is 14.4 Å². The number of hydrogen-bond donors (Lipinski definition) is 0. The lowest BCUT2D eigenvalue weighted by molar-refractivity contribution is -0.129. The number of likely N-dealkylation sites (N-methyl/N-ethyl adjacent to an activating group) is 1. The zero-order valence-corrected chi connectivity index (χ0v) is 26.9. The molecule has 1 aromatic carbocycles. The highest BCUT2D eigenvalue weighted by atomic mass is 32.1. The van der Waals surface area contributed by atoms with Crippen LogP contribution < -0.4 is 9.80 Å². The molecule has 0 radical (unpaired) electrons. The van der Waals surface area contributed by atoms with Gasteiger partial charge in [0, 0.05) is 52.5 Å². The van der Waals surface area contributed by atoms with Crippen molar-refractivity contribution in [1.29, 1.82) is 5.26 Å². The second-order valence-corrected chi connectivity index (χ2v) is 13.4. The molecule has 0 N–H and O–H groups in total. The van der Waals surface area contributed by atoms with Crippen molar-refractivity contribution in [2.75, 3.05) is 63.7 Å². The summed E-state index contributed by atoms with van der Waals surface area (Å²) in [6.07, 6.45) is 6.30. The van der Waals surface area contributed by atoms with Crippen molar-refractivity contribution in [2.24, 2.45) is 5.41 Å². The molecule has 1 spiro atoms. The van der Waals surface area contributed by atoms with Crippen molar-refractivity contribution in [3.8, 4) is 17.3 Å².